The quantitative estimate of drug-likeness (QED) is 0.633. The van der Waals surface area contributed by atoms with Crippen LogP contribution in [0.1, 0.15) is 17.3 Å². The van der Waals surface area contributed by atoms with E-state index in [1.807, 2.05) is 4.72 Å². The highest BCUT2D eigenvalue weighted by Crippen LogP contribution is 2.32. The maximum atomic E-state index is 12.3. The minimum absolute atomic E-state index is 0.0279. The Balaban J connectivity index is 1.62. The van der Waals surface area contributed by atoms with Gasteiger partial charge in [-0.15, -0.1) is 0 Å². The fraction of sp³-hybridized carbons (Fsp3) is 0.118. The summed E-state index contributed by atoms with van der Waals surface area (Å²) in [7, 11) is -3.92. The molecule has 2 amide bonds. The van der Waals surface area contributed by atoms with Crippen LogP contribution in [0, 0.1) is 0 Å². The maximum Gasteiger partial charge on any atom is 0.264 e. The van der Waals surface area contributed by atoms with E-state index < -0.39 is 21.8 Å². The van der Waals surface area contributed by atoms with Crippen LogP contribution in [0.2, 0.25) is 0 Å². The maximum absolute atomic E-state index is 12.3. The zero-order chi connectivity index (χ0) is 20.3. The van der Waals surface area contributed by atoms with Gasteiger partial charge < -0.3 is 14.8 Å². The fourth-order valence-corrected chi connectivity index (χ4v) is 3.54. The summed E-state index contributed by atoms with van der Waals surface area (Å²) >= 11 is 5.10. The molecule has 0 atom stereocenters. The number of carbonyl (C=O) groups excluding carboxylic acids is 2. The average Bonchev–Trinajstić information content (AvgIpc) is 3.08. The second-order valence-corrected chi connectivity index (χ2v) is 7.75. The lowest BCUT2D eigenvalue weighted by molar-refractivity contribution is -0.117. The molecule has 0 unspecified atom stereocenters. The third kappa shape index (κ3) is 4.56. The molecule has 1 heterocycles. The third-order valence-electron chi connectivity index (χ3n) is 3.56. The van der Waals surface area contributed by atoms with Crippen molar-refractivity contribution in [2.75, 3.05) is 12.1 Å². The van der Waals surface area contributed by atoms with E-state index in [2.05, 4.69) is 10.6 Å². The predicted octanol–water partition coefficient (Wildman–Crippen LogP) is 1.37. The van der Waals surface area contributed by atoms with Gasteiger partial charge in [-0.3, -0.25) is 14.9 Å². The lowest BCUT2D eigenvalue weighted by Gasteiger charge is -2.11. The monoisotopic (exact) mass is 421 g/mol. The number of hydrogen-bond donors (Lipinski definition) is 3. The smallest absolute Gasteiger partial charge is 0.264 e. The van der Waals surface area contributed by atoms with E-state index in [1.54, 1.807) is 18.2 Å². The molecule has 1 aliphatic rings. The van der Waals surface area contributed by atoms with Crippen LogP contribution in [0.4, 0.5) is 5.69 Å². The number of sulfonamides is 1. The Morgan fingerprint density at radius 3 is 2.39 bits per heavy atom. The molecule has 0 spiro atoms. The Kier molecular flexibility index (Phi) is 5.47. The van der Waals surface area contributed by atoms with Gasteiger partial charge in [0.25, 0.3) is 15.9 Å². The van der Waals surface area contributed by atoms with Crippen LogP contribution in [0.5, 0.6) is 11.5 Å². The molecule has 2 aromatic carbocycles. The number of anilines is 1. The lowest BCUT2D eigenvalue weighted by Crippen LogP contribution is -2.34. The van der Waals surface area contributed by atoms with Gasteiger partial charge in [0.2, 0.25) is 12.7 Å². The minimum Gasteiger partial charge on any atom is -0.454 e. The zero-order valence-electron chi connectivity index (χ0n) is 14.5. The molecule has 3 rings (SSSR count). The second kappa shape index (κ2) is 7.82. The largest absolute Gasteiger partial charge is 0.454 e. The fourth-order valence-electron chi connectivity index (χ4n) is 2.34. The molecule has 0 bridgehead atoms. The van der Waals surface area contributed by atoms with E-state index in [1.165, 1.54) is 24.3 Å². The molecule has 28 heavy (non-hydrogen) atoms. The van der Waals surface area contributed by atoms with Gasteiger partial charge in [-0.2, -0.15) is 0 Å². The van der Waals surface area contributed by atoms with Crippen molar-refractivity contribution in [3.8, 4) is 11.5 Å². The number of nitrogens with one attached hydrogen (secondary N) is 3. The molecule has 0 aromatic heterocycles. The summed E-state index contributed by atoms with van der Waals surface area (Å²) in [6.45, 7) is 1.21. The Morgan fingerprint density at radius 2 is 1.71 bits per heavy atom. The number of hydrogen-bond acceptors (Lipinski definition) is 7. The molecule has 9 nitrogen and oxygen atoms in total. The molecule has 146 valence electrons. The van der Waals surface area contributed by atoms with Crippen LogP contribution in [0.25, 0.3) is 0 Å². The lowest BCUT2D eigenvalue weighted by atomic mass is 10.2. The molecule has 0 radical (unpaired) electrons. The van der Waals surface area contributed by atoms with Crippen molar-refractivity contribution >= 4 is 44.9 Å². The van der Waals surface area contributed by atoms with E-state index in [0.717, 1.165) is 6.92 Å². The number of rotatable bonds is 4. The molecule has 1 aliphatic heterocycles. The number of thiocarbonyl (C=S) groups is 1. The van der Waals surface area contributed by atoms with Gasteiger partial charge in [-0.1, -0.05) is 0 Å². The van der Waals surface area contributed by atoms with Crippen molar-refractivity contribution in [3.05, 3.63) is 48.0 Å². The van der Waals surface area contributed by atoms with Gasteiger partial charge in [0, 0.05) is 18.2 Å². The topological polar surface area (TPSA) is 123 Å². The van der Waals surface area contributed by atoms with E-state index in [4.69, 9.17) is 21.7 Å². The number of carbonyl (C=O) groups is 2. The van der Waals surface area contributed by atoms with Crippen molar-refractivity contribution < 1.29 is 27.5 Å². The van der Waals surface area contributed by atoms with Gasteiger partial charge in [0.15, 0.2) is 16.6 Å². The van der Waals surface area contributed by atoms with Crippen LogP contribution in [0.15, 0.2) is 47.4 Å². The second-order valence-electron chi connectivity index (χ2n) is 5.66. The Bertz CT molecular complexity index is 1050. The molecule has 0 saturated carbocycles. The summed E-state index contributed by atoms with van der Waals surface area (Å²) in [5.74, 6) is -0.0932. The van der Waals surface area contributed by atoms with Crippen molar-refractivity contribution in [3.63, 3.8) is 0 Å². The molecular formula is C17H15N3O6S2. The molecule has 11 heteroatoms. The summed E-state index contributed by atoms with van der Waals surface area (Å²) in [5.41, 5.74) is 0.794. The summed E-state index contributed by atoms with van der Waals surface area (Å²) in [6, 6.07) is 10.3. The minimum atomic E-state index is -3.92. The highest BCUT2D eigenvalue weighted by atomic mass is 32.2. The predicted molar refractivity (Wildman–Crippen MR) is 104 cm³/mol. The highest BCUT2D eigenvalue weighted by Gasteiger charge is 2.17. The summed E-state index contributed by atoms with van der Waals surface area (Å²) < 4.78 is 36.1. The van der Waals surface area contributed by atoms with Gasteiger partial charge >= 0.3 is 0 Å². The molecular weight excluding hydrogens is 406 g/mol. The molecule has 0 aliphatic carbocycles. The van der Waals surface area contributed by atoms with E-state index >= 15 is 0 Å². The SMILES string of the molecule is CC(=O)NS(=O)(=O)c1ccc(NC(=S)NC(=O)c2ccc3c(c2)OCO3)cc1. The Morgan fingerprint density at radius 1 is 1.04 bits per heavy atom. The van der Waals surface area contributed by atoms with Crippen LogP contribution < -0.4 is 24.8 Å². The van der Waals surface area contributed by atoms with Crippen LogP contribution in [-0.2, 0) is 14.8 Å². The van der Waals surface area contributed by atoms with E-state index in [-0.39, 0.29) is 16.8 Å². The first-order chi connectivity index (χ1) is 13.2. The van der Waals surface area contributed by atoms with Gasteiger partial charge in [-0.25, -0.2) is 13.1 Å². The van der Waals surface area contributed by atoms with E-state index in [0.29, 0.717) is 22.7 Å². The average molecular weight is 421 g/mol. The van der Waals surface area contributed by atoms with Crippen molar-refractivity contribution in [2.24, 2.45) is 0 Å². The van der Waals surface area contributed by atoms with Crippen LogP contribution >= 0.6 is 12.2 Å². The Labute approximate surface area is 166 Å². The Hall–Kier alpha value is -3.18. The molecule has 2 aromatic rings. The van der Waals surface area contributed by atoms with Crippen molar-refractivity contribution in [1.82, 2.24) is 10.0 Å². The van der Waals surface area contributed by atoms with Crippen molar-refractivity contribution in [1.29, 1.82) is 0 Å². The normalized spacial score (nSPS) is 12.2. The number of fused-ring (bicyclic) bond motifs is 1. The molecule has 3 N–H and O–H groups in total. The van der Waals surface area contributed by atoms with Gasteiger partial charge in [0.1, 0.15) is 0 Å². The standard InChI is InChI=1S/C17H15N3O6S2/c1-10(21)20-28(23,24)13-5-3-12(4-6-13)18-17(27)19-16(22)11-2-7-14-15(8-11)26-9-25-14/h2-8H,9H2,1H3,(H,20,21)(H2,18,19,22,27). The van der Waals surface area contributed by atoms with E-state index in [9.17, 15) is 18.0 Å². The highest BCUT2D eigenvalue weighted by molar-refractivity contribution is 7.90. The first-order valence-corrected chi connectivity index (χ1v) is 9.79. The third-order valence-corrected chi connectivity index (χ3v) is 5.22. The number of ether oxygens (including phenoxy) is 2. The summed E-state index contributed by atoms with van der Waals surface area (Å²) in [6.07, 6.45) is 0. The number of amides is 2. The first kappa shape index (κ1) is 19.6. The van der Waals surface area contributed by atoms with Gasteiger partial charge in [-0.05, 0) is 54.7 Å². The zero-order valence-corrected chi connectivity index (χ0v) is 16.1. The van der Waals surface area contributed by atoms with Gasteiger partial charge in [0.05, 0.1) is 4.90 Å². The summed E-state index contributed by atoms with van der Waals surface area (Å²) in [5, 5.41) is 5.32. The molecule has 0 fully saturated rings. The van der Waals surface area contributed by atoms with Crippen LogP contribution in [-0.4, -0.2) is 32.1 Å². The molecule has 0 saturated heterocycles. The van der Waals surface area contributed by atoms with Crippen LogP contribution in [0.3, 0.4) is 0 Å². The first-order valence-electron chi connectivity index (χ1n) is 7.90. The number of benzene rings is 2. The van der Waals surface area contributed by atoms with Crippen molar-refractivity contribution in [2.45, 2.75) is 11.8 Å². The summed E-state index contributed by atoms with van der Waals surface area (Å²) in [4.78, 5) is 23.2.